The fourth-order valence-electron chi connectivity index (χ4n) is 4.89. The van der Waals surface area contributed by atoms with Gasteiger partial charge in [0.1, 0.15) is 18.4 Å². The van der Waals surface area contributed by atoms with Crippen LogP contribution in [0.25, 0.3) is 0 Å². The molecule has 0 bridgehead atoms. The van der Waals surface area contributed by atoms with Crippen LogP contribution < -0.4 is 9.62 Å². The van der Waals surface area contributed by atoms with Crippen LogP contribution in [0.1, 0.15) is 37.0 Å². The van der Waals surface area contributed by atoms with Crippen molar-refractivity contribution in [2.45, 2.75) is 56.4 Å². The highest BCUT2D eigenvalue weighted by Gasteiger charge is 2.37. The van der Waals surface area contributed by atoms with Gasteiger partial charge in [-0.3, -0.25) is 13.9 Å². The Morgan fingerprint density at radius 1 is 0.875 bits per heavy atom. The molecule has 0 saturated heterocycles. The van der Waals surface area contributed by atoms with E-state index >= 15 is 0 Å². The SMILES string of the molecule is CCC(C)NC(=O)C(Cc1ccccc1)N(Cc1ccc(F)cc1)C(=O)CN(c1cc(C(F)(F)F)ccc1Cl)S(=O)(=O)c1ccccc1. The molecule has 1 N–H and O–H groups in total. The summed E-state index contributed by atoms with van der Waals surface area (Å²) in [5, 5.41) is 2.53. The lowest BCUT2D eigenvalue weighted by Crippen LogP contribution is -2.54. The fraction of sp³-hybridized carbons (Fsp3) is 0.257. The molecule has 0 aliphatic heterocycles. The first-order valence-electron chi connectivity index (χ1n) is 15.0. The number of nitrogens with zero attached hydrogens (tertiary/aromatic N) is 2. The molecule has 2 unspecified atom stereocenters. The third-order valence-corrected chi connectivity index (χ3v) is 9.78. The second-order valence-corrected chi connectivity index (χ2v) is 13.4. The minimum atomic E-state index is -4.85. The molecule has 0 saturated carbocycles. The average molecular weight is 704 g/mol. The Morgan fingerprint density at radius 2 is 1.48 bits per heavy atom. The summed E-state index contributed by atoms with van der Waals surface area (Å²) in [5.74, 6) is -1.97. The maximum absolute atomic E-state index is 14.5. The van der Waals surface area contributed by atoms with Crippen molar-refractivity contribution in [3.63, 3.8) is 0 Å². The summed E-state index contributed by atoms with van der Waals surface area (Å²) in [5.41, 5.74) is -0.642. The van der Waals surface area contributed by atoms with Crippen LogP contribution in [0.15, 0.2) is 108 Å². The third kappa shape index (κ3) is 9.13. The van der Waals surface area contributed by atoms with Gasteiger partial charge in [-0.15, -0.1) is 0 Å². The Hall–Kier alpha value is -4.42. The molecule has 254 valence electrons. The summed E-state index contributed by atoms with van der Waals surface area (Å²) >= 11 is 6.34. The largest absolute Gasteiger partial charge is 0.416 e. The van der Waals surface area contributed by atoms with Crippen molar-refractivity contribution >= 4 is 39.1 Å². The van der Waals surface area contributed by atoms with E-state index in [1.165, 1.54) is 48.5 Å². The zero-order chi connectivity index (χ0) is 35.1. The van der Waals surface area contributed by atoms with E-state index < -0.39 is 57.7 Å². The Kier molecular flexibility index (Phi) is 11.9. The maximum Gasteiger partial charge on any atom is 0.416 e. The fourth-order valence-corrected chi connectivity index (χ4v) is 6.61. The van der Waals surface area contributed by atoms with Gasteiger partial charge in [0.15, 0.2) is 0 Å². The van der Waals surface area contributed by atoms with Crippen molar-refractivity contribution in [3.8, 4) is 0 Å². The first-order valence-corrected chi connectivity index (χ1v) is 16.8. The Labute approximate surface area is 282 Å². The molecule has 0 aliphatic rings. The Balaban J connectivity index is 1.87. The number of alkyl halides is 3. The van der Waals surface area contributed by atoms with Crippen LogP contribution in [0.4, 0.5) is 23.2 Å². The summed E-state index contributed by atoms with van der Waals surface area (Å²) in [4.78, 5) is 29.2. The number of anilines is 1. The first kappa shape index (κ1) is 36.4. The number of amides is 2. The molecule has 0 aliphatic carbocycles. The molecular weight excluding hydrogens is 670 g/mol. The normalized spacial score (nSPS) is 13.0. The van der Waals surface area contributed by atoms with Gasteiger partial charge in [-0.25, -0.2) is 12.8 Å². The maximum atomic E-state index is 14.5. The van der Waals surface area contributed by atoms with E-state index in [4.69, 9.17) is 11.6 Å². The van der Waals surface area contributed by atoms with Gasteiger partial charge in [-0.2, -0.15) is 13.2 Å². The van der Waals surface area contributed by atoms with Gasteiger partial charge in [0.05, 0.1) is 21.2 Å². The van der Waals surface area contributed by atoms with Crippen molar-refractivity contribution in [1.29, 1.82) is 0 Å². The summed E-state index contributed by atoms with van der Waals surface area (Å²) in [6.45, 7) is 2.39. The van der Waals surface area contributed by atoms with Crippen LogP contribution in [0, 0.1) is 5.82 Å². The zero-order valence-corrected chi connectivity index (χ0v) is 27.7. The monoisotopic (exact) mass is 703 g/mol. The number of halogens is 5. The van der Waals surface area contributed by atoms with Crippen LogP contribution in [-0.4, -0.2) is 43.8 Å². The lowest BCUT2D eigenvalue weighted by molar-refractivity contribution is -0.140. The molecule has 13 heteroatoms. The Morgan fingerprint density at radius 3 is 2.06 bits per heavy atom. The summed E-state index contributed by atoms with van der Waals surface area (Å²) in [6.07, 6.45) is -4.26. The van der Waals surface area contributed by atoms with Crippen LogP contribution in [0.5, 0.6) is 0 Å². The summed E-state index contributed by atoms with van der Waals surface area (Å²) in [7, 11) is -4.69. The number of rotatable bonds is 13. The molecule has 0 spiro atoms. The lowest BCUT2D eigenvalue weighted by atomic mass is 10.0. The van der Waals surface area contributed by atoms with Gasteiger partial charge in [-0.05, 0) is 66.9 Å². The van der Waals surface area contributed by atoms with Crippen molar-refractivity contribution < 1.29 is 35.6 Å². The second-order valence-electron chi connectivity index (χ2n) is 11.2. The van der Waals surface area contributed by atoms with Gasteiger partial charge in [0.2, 0.25) is 11.8 Å². The number of sulfonamides is 1. The first-order chi connectivity index (χ1) is 22.7. The molecule has 2 amide bonds. The number of carbonyl (C=O) groups excluding carboxylic acids is 2. The quantitative estimate of drug-likeness (QED) is 0.149. The topological polar surface area (TPSA) is 86.8 Å². The summed E-state index contributed by atoms with van der Waals surface area (Å²) < 4.78 is 84.0. The second kappa shape index (κ2) is 15.7. The molecule has 4 aromatic carbocycles. The third-order valence-electron chi connectivity index (χ3n) is 7.69. The van der Waals surface area contributed by atoms with E-state index in [0.717, 1.165) is 11.0 Å². The van der Waals surface area contributed by atoms with E-state index in [9.17, 15) is 35.6 Å². The van der Waals surface area contributed by atoms with Crippen molar-refractivity contribution in [2.24, 2.45) is 0 Å². The van der Waals surface area contributed by atoms with E-state index in [1.54, 1.807) is 43.3 Å². The molecule has 0 heterocycles. The van der Waals surface area contributed by atoms with E-state index in [-0.39, 0.29) is 28.9 Å². The van der Waals surface area contributed by atoms with Gasteiger partial charge in [0.25, 0.3) is 10.0 Å². The lowest BCUT2D eigenvalue weighted by Gasteiger charge is -2.34. The predicted octanol–water partition coefficient (Wildman–Crippen LogP) is 7.25. The highest BCUT2D eigenvalue weighted by Crippen LogP contribution is 2.37. The minimum absolute atomic E-state index is 0.0196. The van der Waals surface area contributed by atoms with E-state index in [1.807, 2.05) is 6.92 Å². The van der Waals surface area contributed by atoms with Gasteiger partial charge < -0.3 is 10.2 Å². The van der Waals surface area contributed by atoms with Gasteiger partial charge >= 0.3 is 6.18 Å². The molecule has 2 atom stereocenters. The summed E-state index contributed by atoms with van der Waals surface area (Å²) in [6, 6.07) is 21.6. The molecule has 0 radical (unpaired) electrons. The zero-order valence-electron chi connectivity index (χ0n) is 26.1. The standard InChI is InChI=1S/C35H34ClF4N3O4S/c1-3-24(2)41-34(45)32(20-25-10-6-4-7-11-25)42(22-26-14-17-28(37)18-15-26)33(44)23-43(48(46,47)29-12-8-5-9-13-29)31-21-27(35(38,39)40)16-19-30(31)36/h4-19,21,24,32H,3,20,22-23H2,1-2H3,(H,41,45). The van der Waals surface area contributed by atoms with Crippen LogP contribution in [0.2, 0.25) is 5.02 Å². The molecular formula is C35H34ClF4N3O4S. The smallest absolute Gasteiger partial charge is 0.352 e. The van der Waals surface area contributed by atoms with E-state index in [2.05, 4.69) is 5.32 Å². The van der Waals surface area contributed by atoms with Gasteiger partial charge in [0, 0.05) is 19.0 Å². The number of nitrogens with one attached hydrogen (secondary N) is 1. The minimum Gasteiger partial charge on any atom is -0.352 e. The molecule has 4 rings (SSSR count). The van der Waals surface area contributed by atoms with Crippen molar-refractivity contribution in [3.05, 3.63) is 131 Å². The highest BCUT2D eigenvalue weighted by molar-refractivity contribution is 7.92. The number of carbonyl (C=O) groups is 2. The van der Waals surface area contributed by atoms with Crippen LogP contribution in [-0.2, 0) is 38.8 Å². The van der Waals surface area contributed by atoms with Gasteiger partial charge in [-0.1, -0.05) is 79.2 Å². The molecule has 7 nitrogen and oxygen atoms in total. The van der Waals surface area contributed by atoms with Crippen molar-refractivity contribution in [1.82, 2.24) is 10.2 Å². The number of benzene rings is 4. The van der Waals surface area contributed by atoms with Crippen LogP contribution in [0.3, 0.4) is 0 Å². The molecule has 48 heavy (non-hydrogen) atoms. The average Bonchev–Trinajstić information content (AvgIpc) is 3.06. The molecule has 0 aromatic heterocycles. The number of hydrogen-bond donors (Lipinski definition) is 1. The van der Waals surface area contributed by atoms with E-state index in [0.29, 0.717) is 34.0 Å². The molecule has 4 aromatic rings. The number of hydrogen-bond acceptors (Lipinski definition) is 4. The van der Waals surface area contributed by atoms with Crippen LogP contribution >= 0.6 is 11.6 Å². The predicted molar refractivity (Wildman–Crippen MR) is 176 cm³/mol. The highest BCUT2D eigenvalue weighted by atomic mass is 35.5. The Bertz CT molecular complexity index is 1810. The molecule has 0 fully saturated rings. The van der Waals surface area contributed by atoms with Crippen molar-refractivity contribution in [2.75, 3.05) is 10.8 Å².